The van der Waals surface area contributed by atoms with Gasteiger partial charge in [0, 0.05) is 6.07 Å². The van der Waals surface area contributed by atoms with Crippen molar-refractivity contribution in [3.05, 3.63) is 29.6 Å². The second-order valence-corrected chi connectivity index (χ2v) is 2.01. The molecule has 2 heteroatoms. The van der Waals surface area contributed by atoms with Crippen molar-refractivity contribution in [3.8, 4) is 5.75 Å². The van der Waals surface area contributed by atoms with Crippen molar-refractivity contribution in [3.63, 3.8) is 0 Å². The zero-order chi connectivity index (χ0) is 7.56. The van der Waals surface area contributed by atoms with Crippen molar-refractivity contribution in [2.75, 3.05) is 7.11 Å². The van der Waals surface area contributed by atoms with Crippen molar-refractivity contribution in [2.45, 2.75) is 6.92 Å². The molecule has 0 heterocycles. The number of ether oxygens (including phenoxy) is 1. The monoisotopic (exact) mass is 139 g/mol. The predicted octanol–water partition coefficient (Wildman–Crippen LogP) is 1.94. The van der Waals surface area contributed by atoms with Crippen LogP contribution in [-0.2, 0) is 0 Å². The Bertz CT molecular complexity index is 212. The molecule has 1 aromatic carbocycles. The van der Waals surface area contributed by atoms with E-state index in [-0.39, 0.29) is 5.75 Å². The van der Waals surface area contributed by atoms with E-state index in [0.717, 1.165) is 5.56 Å². The Labute approximate surface area is 59.4 Å². The second kappa shape index (κ2) is 2.69. The van der Waals surface area contributed by atoms with Gasteiger partial charge in [0.15, 0.2) is 11.6 Å². The Morgan fingerprint density at radius 3 is 2.70 bits per heavy atom. The van der Waals surface area contributed by atoms with E-state index >= 15 is 0 Å². The largest absolute Gasteiger partial charge is 0.493 e. The van der Waals surface area contributed by atoms with Gasteiger partial charge in [0.2, 0.25) is 0 Å². The highest BCUT2D eigenvalue weighted by molar-refractivity contribution is 5.32. The van der Waals surface area contributed by atoms with E-state index in [1.807, 2.05) is 0 Å². The molecule has 0 aromatic heterocycles. The van der Waals surface area contributed by atoms with E-state index in [1.54, 1.807) is 13.0 Å². The van der Waals surface area contributed by atoms with Crippen LogP contribution in [0.25, 0.3) is 0 Å². The summed E-state index contributed by atoms with van der Waals surface area (Å²) in [6, 6.07) is 5.69. The summed E-state index contributed by atoms with van der Waals surface area (Å²) in [5.74, 6) is -0.148. The molecule has 0 N–H and O–H groups in total. The molecule has 0 atom stereocenters. The zero-order valence-electron chi connectivity index (χ0n) is 5.94. The number of benzene rings is 1. The Hall–Kier alpha value is -1.05. The average Bonchev–Trinajstić information content (AvgIpc) is 1.88. The van der Waals surface area contributed by atoms with Crippen molar-refractivity contribution in [1.82, 2.24) is 0 Å². The van der Waals surface area contributed by atoms with Crippen LogP contribution in [0.5, 0.6) is 5.75 Å². The van der Waals surface area contributed by atoms with Crippen molar-refractivity contribution < 1.29 is 9.13 Å². The van der Waals surface area contributed by atoms with E-state index in [4.69, 9.17) is 4.74 Å². The summed E-state index contributed by atoms with van der Waals surface area (Å²) < 4.78 is 17.4. The summed E-state index contributed by atoms with van der Waals surface area (Å²) in [4.78, 5) is 0. The molecule has 0 saturated heterocycles. The van der Waals surface area contributed by atoms with Crippen LogP contribution in [-0.4, -0.2) is 7.11 Å². The minimum absolute atomic E-state index is 0.280. The molecule has 1 aromatic rings. The number of rotatable bonds is 1. The molecule has 0 amide bonds. The van der Waals surface area contributed by atoms with E-state index in [1.165, 1.54) is 13.2 Å². The van der Waals surface area contributed by atoms with Crippen LogP contribution in [0.4, 0.5) is 4.39 Å². The molecular weight excluding hydrogens is 131 g/mol. The molecule has 0 bridgehead atoms. The van der Waals surface area contributed by atoms with Gasteiger partial charge in [-0.2, -0.15) is 0 Å². The van der Waals surface area contributed by atoms with E-state index in [9.17, 15) is 4.39 Å². The van der Waals surface area contributed by atoms with Gasteiger partial charge in [-0.05, 0) is 12.5 Å². The van der Waals surface area contributed by atoms with Crippen LogP contribution >= 0.6 is 0 Å². The van der Waals surface area contributed by atoms with Gasteiger partial charge < -0.3 is 4.74 Å². The first-order chi connectivity index (χ1) is 4.75. The summed E-state index contributed by atoms with van der Waals surface area (Å²) in [5.41, 5.74) is 0.791. The van der Waals surface area contributed by atoms with Gasteiger partial charge >= 0.3 is 0 Å². The number of hydrogen-bond donors (Lipinski definition) is 0. The van der Waals surface area contributed by atoms with Crippen molar-refractivity contribution >= 4 is 0 Å². The number of methoxy groups -OCH3 is 1. The number of aryl methyl sites for hydroxylation is 1. The third kappa shape index (κ3) is 1.10. The maximum absolute atomic E-state index is 12.7. The lowest BCUT2D eigenvalue weighted by Crippen LogP contribution is -1.90. The van der Waals surface area contributed by atoms with Crippen LogP contribution < -0.4 is 4.74 Å². The maximum atomic E-state index is 12.7. The fourth-order valence-electron chi connectivity index (χ4n) is 0.805. The van der Waals surface area contributed by atoms with Gasteiger partial charge in [0.25, 0.3) is 0 Å². The third-order valence-corrected chi connectivity index (χ3v) is 1.31. The summed E-state index contributed by atoms with van der Waals surface area (Å²) in [6.07, 6.45) is 0. The highest BCUT2D eigenvalue weighted by Crippen LogP contribution is 2.19. The molecule has 0 unspecified atom stereocenters. The van der Waals surface area contributed by atoms with Crippen molar-refractivity contribution in [2.24, 2.45) is 0 Å². The second-order valence-electron chi connectivity index (χ2n) is 2.01. The van der Waals surface area contributed by atoms with Crippen LogP contribution in [0.2, 0.25) is 0 Å². The first-order valence-electron chi connectivity index (χ1n) is 2.96. The van der Waals surface area contributed by atoms with Crippen LogP contribution in [0, 0.1) is 18.8 Å². The Kier molecular flexibility index (Phi) is 1.90. The summed E-state index contributed by atoms with van der Waals surface area (Å²) in [7, 11) is 1.44. The van der Waals surface area contributed by atoms with Gasteiger partial charge in [0.05, 0.1) is 7.11 Å². The first-order valence-corrected chi connectivity index (χ1v) is 2.96. The molecule has 1 nitrogen and oxygen atoms in total. The molecule has 0 aliphatic carbocycles. The first kappa shape index (κ1) is 7.06. The summed E-state index contributed by atoms with van der Waals surface area (Å²) in [6.45, 7) is 1.79. The lowest BCUT2D eigenvalue weighted by Gasteiger charge is -2.02. The molecule has 0 aliphatic heterocycles. The lowest BCUT2D eigenvalue weighted by atomic mass is 10.2. The molecular formula is C8H8FO. The fraction of sp³-hybridized carbons (Fsp3) is 0.250. The van der Waals surface area contributed by atoms with E-state index in [0.29, 0.717) is 0 Å². The van der Waals surface area contributed by atoms with E-state index < -0.39 is 5.82 Å². The van der Waals surface area contributed by atoms with Gasteiger partial charge in [-0.3, -0.25) is 0 Å². The Balaban J connectivity index is 3.17. The zero-order valence-corrected chi connectivity index (χ0v) is 5.94. The SMILES string of the molecule is COc1c(F)[c]ccc1C. The Morgan fingerprint density at radius 2 is 2.30 bits per heavy atom. The van der Waals surface area contributed by atoms with Crippen LogP contribution in [0.15, 0.2) is 12.1 Å². The number of hydrogen-bond acceptors (Lipinski definition) is 1. The predicted molar refractivity (Wildman–Crippen MR) is 36.5 cm³/mol. The minimum atomic E-state index is -0.428. The molecule has 53 valence electrons. The topological polar surface area (TPSA) is 9.23 Å². The maximum Gasteiger partial charge on any atom is 0.173 e. The molecule has 0 saturated carbocycles. The quantitative estimate of drug-likeness (QED) is 0.577. The molecule has 0 aliphatic rings. The van der Waals surface area contributed by atoms with Gasteiger partial charge in [-0.25, -0.2) is 4.39 Å². The highest BCUT2D eigenvalue weighted by atomic mass is 19.1. The standard InChI is InChI=1S/C8H8FO/c1-6-4-3-5-7(9)8(6)10-2/h3-4H,1-2H3. The Morgan fingerprint density at radius 1 is 1.60 bits per heavy atom. The van der Waals surface area contributed by atoms with Crippen LogP contribution in [0.3, 0.4) is 0 Å². The minimum Gasteiger partial charge on any atom is -0.493 e. The smallest absolute Gasteiger partial charge is 0.173 e. The number of halogens is 1. The van der Waals surface area contributed by atoms with Gasteiger partial charge in [-0.1, -0.05) is 12.1 Å². The third-order valence-electron chi connectivity index (χ3n) is 1.31. The average molecular weight is 139 g/mol. The molecule has 1 radical (unpaired) electrons. The highest BCUT2D eigenvalue weighted by Gasteiger charge is 2.02. The molecule has 10 heavy (non-hydrogen) atoms. The van der Waals surface area contributed by atoms with E-state index in [2.05, 4.69) is 6.07 Å². The lowest BCUT2D eigenvalue weighted by molar-refractivity contribution is 0.383. The summed E-state index contributed by atoms with van der Waals surface area (Å²) >= 11 is 0. The van der Waals surface area contributed by atoms with Gasteiger partial charge in [-0.15, -0.1) is 0 Å². The molecule has 1 rings (SSSR count). The molecule has 0 spiro atoms. The van der Waals surface area contributed by atoms with Gasteiger partial charge in [0.1, 0.15) is 0 Å². The molecule has 0 fully saturated rings. The normalized spacial score (nSPS) is 9.50. The summed E-state index contributed by atoms with van der Waals surface area (Å²) in [5, 5.41) is 0. The van der Waals surface area contributed by atoms with Crippen LogP contribution in [0.1, 0.15) is 5.56 Å². The fourth-order valence-corrected chi connectivity index (χ4v) is 0.805. The van der Waals surface area contributed by atoms with Crippen molar-refractivity contribution in [1.29, 1.82) is 0 Å².